The van der Waals surface area contributed by atoms with Crippen molar-refractivity contribution in [1.29, 1.82) is 0 Å². The highest BCUT2D eigenvalue weighted by Crippen LogP contribution is 2.21. The summed E-state index contributed by atoms with van der Waals surface area (Å²) in [6, 6.07) is -2.15. The molecule has 0 aromatic heterocycles. The number of hydrogen-bond acceptors (Lipinski definition) is 5. The van der Waals surface area contributed by atoms with Gasteiger partial charge in [0.1, 0.15) is 12.1 Å². The van der Waals surface area contributed by atoms with Crippen molar-refractivity contribution >= 4 is 43.0 Å². The number of amides is 2. The largest absolute Gasteiger partial charge is 0.480 e. The van der Waals surface area contributed by atoms with Crippen LogP contribution in [0, 0.1) is 0 Å². The smallest absolute Gasteiger partial charge is 0.327 e. The minimum atomic E-state index is -1.20. The van der Waals surface area contributed by atoms with Gasteiger partial charge in [-0.3, -0.25) is 9.59 Å². The third-order valence-corrected chi connectivity index (χ3v) is 3.07. The van der Waals surface area contributed by atoms with Gasteiger partial charge in [-0.1, -0.05) is 0 Å². The van der Waals surface area contributed by atoms with E-state index in [-0.39, 0.29) is 0 Å². The van der Waals surface area contributed by atoms with Crippen LogP contribution >= 0.6 is 25.3 Å². The predicted octanol–water partition coefficient (Wildman–Crippen LogP) is 0.477. The molecule has 8 heteroatoms. The summed E-state index contributed by atoms with van der Waals surface area (Å²) in [5, 5.41) is 14.0. The lowest BCUT2D eigenvalue weighted by atomic mass is 9.99. The first-order valence-corrected chi connectivity index (χ1v) is 6.91. The van der Waals surface area contributed by atoms with Crippen LogP contribution in [0.2, 0.25) is 0 Å². The number of carboxylic acid groups (broad SMARTS) is 1. The van der Waals surface area contributed by atoms with Gasteiger partial charge in [0.25, 0.3) is 0 Å². The molecule has 0 aromatic rings. The van der Waals surface area contributed by atoms with Crippen molar-refractivity contribution in [2.45, 2.75) is 56.2 Å². The number of thiol groups is 2. The molecule has 0 spiro atoms. The summed E-state index contributed by atoms with van der Waals surface area (Å²) in [6.45, 7) is 7.73. The molecular weight excluding hydrogens is 300 g/mol. The summed E-state index contributed by atoms with van der Waals surface area (Å²) in [5.74, 6) is -2.21. The molecule has 6 nitrogen and oxygen atoms in total. The SMILES string of the molecule is CC(=O)N[C@H](C(=O)N[C@H](C(=O)O)C(C)(C)S)C(C)(C)S. The van der Waals surface area contributed by atoms with Crippen LogP contribution < -0.4 is 10.6 Å². The van der Waals surface area contributed by atoms with Gasteiger partial charge in [0.05, 0.1) is 0 Å². The maximum absolute atomic E-state index is 12.2. The molecule has 0 unspecified atom stereocenters. The summed E-state index contributed by atoms with van der Waals surface area (Å²) < 4.78 is -1.80. The van der Waals surface area contributed by atoms with E-state index in [1.54, 1.807) is 27.7 Å². The molecule has 3 N–H and O–H groups in total. The van der Waals surface area contributed by atoms with Crippen molar-refractivity contribution in [2.24, 2.45) is 0 Å². The third-order valence-electron chi connectivity index (χ3n) is 2.56. The van der Waals surface area contributed by atoms with E-state index in [9.17, 15) is 14.4 Å². The Morgan fingerprint density at radius 1 is 0.950 bits per heavy atom. The first-order chi connectivity index (χ1) is 8.76. The van der Waals surface area contributed by atoms with E-state index in [0.29, 0.717) is 0 Å². The lowest BCUT2D eigenvalue weighted by Crippen LogP contribution is -2.60. The van der Waals surface area contributed by atoms with E-state index in [4.69, 9.17) is 5.11 Å². The van der Waals surface area contributed by atoms with Crippen LogP contribution in [0.3, 0.4) is 0 Å². The standard InChI is InChI=1S/C12H22N2O4S2/c1-6(15)13-7(11(2,3)19)9(16)14-8(10(17)18)12(4,5)20/h7-8,19-20H,1-5H3,(H,13,15)(H,14,16)(H,17,18)/t7-,8-/m1/s1. The summed E-state index contributed by atoms with van der Waals surface area (Å²) in [7, 11) is 0. The molecule has 0 aliphatic heterocycles. The molecule has 0 aliphatic rings. The summed E-state index contributed by atoms with van der Waals surface area (Å²) in [4.78, 5) is 34.6. The first kappa shape index (κ1) is 19.1. The van der Waals surface area contributed by atoms with E-state index >= 15 is 0 Å². The van der Waals surface area contributed by atoms with E-state index in [1.807, 2.05) is 0 Å². The van der Waals surface area contributed by atoms with Gasteiger partial charge < -0.3 is 15.7 Å². The van der Waals surface area contributed by atoms with Gasteiger partial charge in [-0.2, -0.15) is 25.3 Å². The number of carboxylic acids is 1. The molecule has 0 aromatic carbocycles. The zero-order chi connectivity index (χ0) is 16.3. The fourth-order valence-electron chi connectivity index (χ4n) is 1.53. The maximum atomic E-state index is 12.2. The molecule has 2 amide bonds. The Hall–Kier alpha value is -0.890. The Kier molecular flexibility index (Phi) is 6.41. The van der Waals surface area contributed by atoms with Gasteiger partial charge >= 0.3 is 5.97 Å². The molecule has 0 fully saturated rings. The van der Waals surface area contributed by atoms with E-state index in [1.165, 1.54) is 6.92 Å². The van der Waals surface area contributed by atoms with Crippen LogP contribution in [0.4, 0.5) is 0 Å². The highest BCUT2D eigenvalue weighted by molar-refractivity contribution is 7.82. The van der Waals surface area contributed by atoms with Crippen molar-refractivity contribution < 1.29 is 19.5 Å². The second-order valence-electron chi connectivity index (χ2n) is 5.72. The summed E-state index contributed by atoms with van der Waals surface area (Å²) in [5.41, 5.74) is 0. The van der Waals surface area contributed by atoms with Crippen molar-refractivity contribution in [1.82, 2.24) is 10.6 Å². The molecule has 0 saturated carbocycles. The van der Waals surface area contributed by atoms with Gasteiger partial charge in [-0.25, -0.2) is 4.79 Å². The second kappa shape index (κ2) is 6.71. The molecule has 0 saturated heterocycles. The lowest BCUT2D eigenvalue weighted by Gasteiger charge is -2.33. The van der Waals surface area contributed by atoms with Gasteiger partial charge in [0.2, 0.25) is 11.8 Å². The van der Waals surface area contributed by atoms with Gasteiger partial charge in [-0.15, -0.1) is 0 Å². The van der Waals surface area contributed by atoms with Crippen molar-refractivity contribution in [3.8, 4) is 0 Å². The molecule has 0 bridgehead atoms. The summed E-state index contributed by atoms with van der Waals surface area (Å²) >= 11 is 8.44. The van der Waals surface area contributed by atoms with Crippen molar-refractivity contribution in [3.05, 3.63) is 0 Å². The molecule has 20 heavy (non-hydrogen) atoms. The average Bonchev–Trinajstić information content (AvgIpc) is 2.18. The Morgan fingerprint density at radius 3 is 1.60 bits per heavy atom. The Morgan fingerprint density at radius 2 is 1.35 bits per heavy atom. The molecule has 0 radical (unpaired) electrons. The van der Waals surface area contributed by atoms with E-state index < -0.39 is 39.4 Å². The molecule has 2 atom stereocenters. The molecule has 116 valence electrons. The van der Waals surface area contributed by atoms with E-state index in [0.717, 1.165) is 0 Å². The predicted molar refractivity (Wildman–Crippen MR) is 83.3 cm³/mol. The normalized spacial score (nSPS) is 15.2. The highest BCUT2D eigenvalue weighted by atomic mass is 32.1. The molecule has 0 aliphatic carbocycles. The van der Waals surface area contributed by atoms with Crippen molar-refractivity contribution in [3.63, 3.8) is 0 Å². The van der Waals surface area contributed by atoms with Crippen LogP contribution in [0.1, 0.15) is 34.6 Å². The lowest BCUT2D eigenvalue weighted by molar-refractivity contribution is -0.143. The Balaban J connectivity index is 5.18. The van der Waals surface area contributed by atoms with Crippen LogP contribution in [-0.4, -0.2) is 44.5 Å². The minimum Gasteiger partial charge on any atom is -0.480 e. The third kappa shape index (κ3) is 6.04. The Bertz CT molecular complexity index is 399. The Labute approximate surface area is 129 Å². The fraction of sp³-hybridized carbons (Fsp3) is 0.750. The summed E-state index contributed by atoms with van der Waals surface area (Å²) in [6.07, 6.45) is 0. The van der Waals surface area contributed by atoms with Crippen molar-refractivity contribution in [2.75, 3.05) is 0 Å². The highest BCUT2D eigenvalue weighted by Gasteiger charge is 2.39. The number of rotatable bonds is 6. The molecular formula is C12H22N2O4S2. The topological polar surface area (TPSA) is 95.5 Å². The van der Waals surface area contributed by atoms with E-state index in [2.05, 4.69) is 35.9 Å². The zero-order valence-corrected chi connectivity index (χ0v) is 14.0. The maximum Gasteiger partial charge on any atom is 0.327 e. The van der Waals surface area contributed by atoms with Gasteiger partial charge in [0, 0.05) is 16.4 Å². The van der Waals surface area contributed by atoms with Crippen LogP contribution in [0.5, 0.6) is 0 Å². The quantitative estimate of drug-likeness (QED) is 0.460. The number of aliphatic carboxylic acids is 1. The zero-order valence-electron chi connectivity index (χ0n) is 12.2. The number of hydrogen-bond donors (Lipinski definition) is 5. The first-order valence-electron chi connectivity index (χ1n) is 6.02. The van der Waals surface area contributed by atoms with Crippen LogP contribution in [0.25, 0.3) is 0 Å². The number of carbonyl (C=O) groups excluding carboxylic acids is 2. The number of carbonyl (C=O) groups is 3. The number of nitrogens with one attached hydrogen (secondary N) is 2. The molecule has 0 heterocycles. The van der Waals surface area contributed by atoms with Crippen LogP contribution in [-0.2, 0) is 14.4 Å². The second-order valence-corrected chi connectivity index (χ2v) is 8.03. The van der Waals surface area contributed by atoms with Gasteiger partial charge in [0.15, 0.2) is 0 Å². The fourth-order valence-corrected chi connectivity index (χ4v) is 1.89. The minimum absolute atomic E-state index is 0.399. The average molecular weight is 322 g/mol. The monoisotopic (exact) mass is 322 g/mol. The van der Waals surface area contributed by atoms with Crippen LogP contribution in [0.15, 0.2) is 0 Å². The molecule has 0 rings (SSSR count). The van der Waals surface area contributed by atoms with Gasteiger partial charge in [-0.05, 0) is 27.7 Å².